The first-order chi connectivity index (χ1) is 13.7. The van der Waals surface area contributed by atoms with E-state index < -0.39 is 5.60 Å². The second-order valence-electron chi connectivity index (χ2n) is 7.99. The Bertz CT molecular complexity index is 623. The molecule has 6 heteroatoms. The Morgan fingerprint density at radius 1 is 1.11 bits per heavy atom. The average Bonchev–Trinajstić information content (AvgIpc) is 2.72. The van der Waals surface area contributed by atoms with Crippen LogP contribution in [0.1, 0.15) is 50.2 Å². The monoisotopic (exact) mass is 388 g/mol. The highest BCUT2D eigenvalue weighted by molar-refractivity contribution is 5.79. The lowest BCUT2D eigenvalue weighted by Crippen LogP contribution is -2.48. The summed E-state index contributed by atoms with van der Waals surface area (Å²) in [5.41, 5.74) is 1.99. The van der Waals surface area contributed by atoms with Crippen molar-refractivity contribution in [2.45, 2.75) is 57.7 Å². The van der Waals surface area contributed by atoms with Crippen LogP contribution in [0, 0.1) is 0 Å². The summed E-state index contributed by atoms with van der Waals surface area (Å²) in [5.74, 6) is 0.780. The molecule has 1 aromatic rings. The van der Waals surface area contributed by atoms with Gasteiger partial charge in [0, 0.05) is 32.7 Å². The molecule has 1 saturated carbocycles. The van der Waals surface area contributed by atoms with E-state index in [0.29, 0.717) is 13.1 Å². The molecule has 1 saturated heterocycles. The number of guanidine groups is 1. The van der Waals surface area contributed by atoms with Crippen molar-refractivity contribution in [2.75, 3.05) is 39.4 Å². The summed E-state index contributed by atoms with van der Waals surface area (Å²) in [6.45, 7) is 8.62. The molecule has 0 aromatic heterocycles. The zero-order valence-electron chi connectivity index (χ0n) is 17.3. The lowest BCUT2D eigenvalue weighted by molar-refractivity contribution is 0.00858. The molecule has 2 aliphatic rings. The van der Waals surface area contributed by atoms with Gasteiger partial charge in [0.2, 0.25) is 0 Å². The van der Waals surface area contributed by atoms with Gasteiger partial charge < -0.3 is 20.5 Å². The molecule has 6 nitrogen and oxygen atoms in total. The van der Waals surface area contributed by atoms with Crippen molar-refractivity contribution >= 4 is 5.96 Å². The molecule has 3 rings (SSSR count). The van der Waals surface area contributed by atoms with E-state index in [1.165, 1.54) is 17.5 Å². The smallest absolute Gasteiger partial charge is 0.191 e. The predicted molar refractivity (Wildman–Crippen MR) is 113 cm³/mol. The minimum Gasteiger partial charge on any atom is -0.388 e. The van der Waals surface area contributed by atoms with Crippen LogP contribution in [0.15, 0.2) is 29.3 Å². The third-order valence-electron chi connectivity index (χ3n) is 5.74. The first-order valence-electron chi connectivity index (χ1n) is 10.8. The Kier molecular flexibility index (Phi) is 8.13. The van der Waals surface area contributed by atoms with Crippen LogP contribution in [0.2, 0.25) is 0 Å². The molecule has 0 atom stereocenters. The number of aliphatic hydroxyl groups is 1. The molecule has 28 heavy (non-hydrogen) atoms. The van der Waals surface area contributed by atoms with Gasteiger partial charge in [0.25, 0.3) is 0 Å². The summed E-state index contributed by atoms with van der Waals surface area (Å²) in [6.07, 6.45) is 5.21. The van der Waals surface area contributed by atoms with Gasteiger partial charge in [0.05, 0.1) is 25.4 Å². The zero-order chi connectivity index (χ0) is 19.7. The summed E-state index contributed by atoms with van der Waals surface area (Å²) >= 11 is 0. The second-order valence-corrected chi connectivity index (χ2v) is 7.99. The molecule has 156 valence electrons. The molecule has 0 bridgehead atoms. The summed E-state index contributed by atoms with van der Waals surface area (Å²) in [4.78, 5) is 7.23. The van der Waals surface area contributed by atoms with Crippen LogP contribution >= 0.6 is 0 Å². The number of rotatable bonds is 7. The van der Waals surface area contributed by atoms with Crippen molar-refractivity contribution in [3.63, 3.8) is 0 Å². The van der Waals surface area contributed by atoms with E-state index in [4.69, 9.17) is 9.73 Å². The van der Waals surface area contributed by atoms with Crippen LogP contribution in [0.5, 0.6) is 0 Å². The van der Waals surface area contributed by atoms with E-state index in [0.717, 1.165) is 71.0 Å². The number of aliphatic imine (C=N–C) groups is 1. The van der Waals surface area contributed by atoms with Gasteiger partial charge in [-0.15, -0.1) is 0 Å². The molecule has 1 aromatic carbocycles. The fourth-order valence-corrected chi connectivity index (χ4v) is 4.01. The van der Waals surface area contributed by atoms with E-state index in [9.17, 15) is 5.11 Å². The highest BCUT2D eigenvalue weighted by Crippen LogP contribution is 2.27. The van der Waals surface area contributed by atoms with Gasteiger partial charge in [-0.1, -0.05) is 43.5 Å². The first kappa shape index (κ1) is 21.1. The van der Waals surface area contributed by atoms with E-state index in [1.807, 2.05) is 0 Å². The van der Waals surface area contributed by atoms with Gasteiger partial charge in [-0.05, 0) is 30.9 Å². The van der Waals surface area contributed by atoms with Crippen LogP contribution in [-0.4, -0.2) is 61.0 Å². The molecule has 2 fully saturated rings. The third kappa shape index (κ3) is 6.47. The number of morpholine rings is 1. The van der Waals surface area contributed by atoms with Crippen LogP contribution in [0.3, 0.4) is 0 Å². The quantitative estimate of drug-likeness (QED) is 0.494. The number of hydrogen-bond donors (Lipinski definition) is 3. The number of benzene rings is 1. The predicted octanol–water partition coefficient (Wildman–Crippen LogP) is 2.27. The Morgan fingerprint density at radius 3 is 2.54 bits per heavy atom. The van der Waals surface area contributed by atoms with E-state index in [2.05, 4.69) is 46.7 Å². The molecular weight excluding hydrogens is 352 g/mol. The molecule has 0 spiro atoms. The first-order valence-corrected chi connectivity index (χ1v) is 10.8. The minimum atomic E-state index is -0.595. The van der Waals surface area contributed by atoms with Crippen LogP contribution in [-0.2, 0) is 17.8 Å². The zero-order valence-corrected chi connectivity index (χ0v) is 17.3. The summed E-state index contributed by atoms with van der Waals surface area (Å²) in [5, 5.41) is 17.4. The van der Waals surface area contributed by atoms with Crippen molar-refractivity contribution in [3.05, 3.63) is 35.4 Å². The van der Waals surface area contributed by atoms with Crippen molar-refractivity contribution in [1.82, 2.24) is 15.5 Å². The standard InChI is InChI=1S/C22H36N4O2/c1-2-23-21(25-18-22(27)10-6-3-7-11-22)24-16-19-8-4-5-9-20(19)17-26-12-14-28-15-13-26/h4-5,8-9,27H,2-3,6-7,10-18H2,1H3,(H2,23,24,25). The van der Waals surface area contributed by atoms with E-state index >= 15 is 0 Å². The number of hydrogen-bond acceptors (Lipinski definition) is 4. The van der Waals surface area contributed by atoms with Gasteiger partial charge >= 0.3 is 0 Å². The number of ether oxygens (including phenoxy) is 1. The Balaban J connectivity index is 1.60. The highest BCUT2D eigenvalue weighted by Gasteiger charge is 2.29. The van der Waals surface area contributed by atoms with Crippen molar-refractivity contribution in [1.29, 1.82) is 0 Å². The van der Waals surface area contributed by atoms with Crippen LogP contribution in [0.4, 0.5) is 0 Å². The maximum absolute atomic E-state index is 10.7. The molecule has 1 aliphatic carbocycles. The third-order valence-corrected chi connectivity index (χ3v) is 5.74. The Morgan fingerprint density at radius 2 is 1.82 bits per heavy atom. The average molecular weight is 389 g/mol. The normalized spacial score (nSPS) is 20.7. The van der Waals surface area contributed by atoms with Gasteiger partial charge in [-0.25, -0.2) is 4.99 Å². The fourth-order valence-electron chi connectivity index (χ4n) is 4.01. The van der Waals surface area contributed by atoms with Gasteiger partial charge in [-0.2, -0.15) is 0 Å². The van der Waals surface area contributed by atoms with Crippen LogP contribution < -0.4 is 10.6 Å². The molecular formula is C22H36N4O2. The summed E-state index contributed by atoms with van der Waals surface area (Å²) in [7, 11) is 0. The van der Waals surface area contributed by atoms with E-state index in [-0.39, 0.29) is 0 Å². The van der Waals surface area contributed by atoms with Crippen molar-refractivity contribution < 1.29 is 9.84 Å². The highest BCUT2D eigenvalue weighted by atomic mass is 16.5. The van der Waals surface area contributed by atoms with Gasteiger partial charge in [0.1, 0.15) is 0 Å². The largest absolute Gasteiger partial charge is 0.388 e. The summed E-state index contributed by atoms with van der Waals surface area (Å²) in [6, 6.07) is 8.55. The molecule has 1 heterocycles. The lowest BCUT2D eigenvalue weighted by atomic mass is 9.85. The van der Waals surface area contributed by atoms with Crippen molar-refractivity contribution in [3.8, 4) is 0 Å². The van der Waals surface area contributed by atoms with Gasteiger partial charge in [-0.3, -0.25) is 4.90 Å². The maximum atomic E-state index is 10.7. The second kappa shape index (κ2) is 10.8. The van der Waals surface area contributed by atoms with E-state index in [1.54, 1.807) is 0 Å². The van der Waals surface area contributed by atoms with Crippen LogP contribution in [0.25, 0.3) is 0 Å². The topological polar surface area (TPSA) is 69.1 Å². The number of nitrogens with zero attached hydrogens (tertiary/aromatic N) is 2. The Labute approximate surface area is 169 Å². The SMILES string of the molecule is CCNC(=NCc1ccccc1CN1CCOCC1)NCC1(O)CCCCC1. The molecule has 3 N–H and O–H groups in total. The molecule has 1 aliphatic heterocycles. The fraction of sp³-hybridized carbons (Fsp3) is 0.682. The maximum Gasteiger partial charge on any atom is 0.191 e. The Hall–Kier alpha value is -1.63. The molecule has 0 radical (unpaired) electrons. The lowest BCUT2D eigenvalue weighted by Gasteiger charge is -2.32. The summed E-state index contributed by atoms with van der Waals surface area (Å²) < 4.78 is 5.46. The number of nitrogens with one attached hydrogen (secondary N) is 2. The molecule has 0 unspecified atom stereocenters. The molecule has 0 amide bonds. The van der Waals surface area contributed by atoms with Crippen molar-refractivity contribution in [2.24, 2.45) is 4.99 Å². The van der Waals surface area contributed by atoms with Gasteiger partial charge in [0.15, 0.2) is 5.96 Å². The minimum absolute atomic E-state index is 0.564.